The first-order valence-electron chi connectivity index (χ1n) is 6.64. The van der Waals surface area contributed by atoms with Crippen molar-refractivity contribution < 1.29 is 4.79 Å². The predicted octanol–water partition coefficient (Wildman–Crippen LogP) is 2.05. The molecular formula is C13H26N2O. The van der Waals surface area contributed by atoms with Crippen molar-refractivity contribution in [1.29, 1.82) is 0 Å². The van der Waals surface area contributed by atoms with E-state index in [4.69, 9.17) is 5.73 Å². The van der Waals surface area contributed by atoms with Gasteiger partial charge in [0.1, 0.15) is 0 Å². The van der Waals surface area contributed by atoms with Gasteiger partial charge < -0.3 is 11.1 Å². The van der Waals surface area contributed by atoms with Gasteiger partial charge in [0.05, 0.1) is 6.04 Å². The average molecular weight is 226 g/mol. The second-order valence-corrected chi connectivity index (χ2v) is 5.20. The zero-order valence-corrected chi connectivity index (χ0v) is 10.8. The van der Waals surface area contributed by atoms with Crippen LogP contribution in [0.2, 0.25) is 0 Å². The van der Waals surface area contributed by atoms with Crippen molar-refractivity contribution >= 4 is 5.91 Å². The molecule has 3 heteroatoms. The minimum atomic E-state index is -0.349. The first-order chi connectivity index (χ1) is 7.58. The van der Waals surface area contributed by atoms with Crippen molar-refractivity contribution in [2.24, 2.45) is 17.6 Å². The van der Waals surface area contributed by atoms with E-state index in [0.29, 0.717) is 6.04 Å². The molecule has 1 saturated carbocycles. The van der Waals surface area contributed by atoms with E-state index >= 15 is 0 Å². The quantitative estimate of drug-likeness (QED) is 0.698. The molecular weight excluding hydrogens is 200 g/mol. The molecule has 1 fully saturated rings. The molecule has 0 aliphatic heterocycles. The third kappa shape index (κ3) is 4.12. The maximum Gasteiger partial charge on any atom is 0.237 e. The Kier molecular flexibility index (Phi) is 5.26. The van der Waals surface area contributed by atoms with E-state index in [9.17, 15) is 4.79 Å². The van der Waals surface area contributed by atoms with Crippen LogP contribution in [0.15, 0.2) is 0 Å². The Hall–Kier alpha value is -0.570. The molecule has 3 N–H and O–H groups in total. The monoisotopic (exact) mass is 226 g/mol. The van der Waals surface area contributed by atoms with Gasteiger partial charge in [-0.1, -0.05) is 40.0 Å². The van der Waals surface area contributed by atoms with Crippen LogP contribution in [0.4, 0.5) is 0 Å². The van der Waals surface area contributed by atoms with Crippen molar-refractivity contribution in [2.75, 3.05) is 0 Å². The van der Waals surface area contributed by atoms with Crippen molar-refractivity contribution in [3.05, 3.63) is 0 Å². The van der Waals surface area contributed by atoms with E-state index in [-0.39, 0.29) is 17.9 Å². The van der Waals surface area contributed by atoms with E-state index in [1.807, 2.05) is 6.92 Å². The highest BCUT2D eigenvalue weighted by Crippen LogP contribution is 2.34. The van der Waals surface area contributed by atoms with Crippen molar-refractivity contribution in [3.8, 4) is 0 Å². The summed E-state index contributed by atoms with van der Waals surface area (Å²) in [6.07, 6.45) is 5.77. The first kappa shape index (κ1) is 13.5. The maximum atomic E-state index is 11.9. The van der Waals surface area contributed by atoms with Gasteiger partial charge in [-0.05, 0) is 24.7 Å². The average Bonchev–Trinajstić information content (AvgIpc) is 3.09. The highest BCUT2D eigenvalue weighted by molar-refractivity contribution is 5.82. The molecule has 0 heterocycles. The van der Waals surface area contributed by atoms with Gasteiger partial charge in [0.25, 0.3) is 0 Å². The summed E-state index contributed by atoms with van der Waals surface area (Å²) >= 11 is 0. The Labute approximate surface area is 99.2 Å². The molecule has 1 amide bonds. The zero-order chi connectivity index (χ0) is 12.1. The highest BCUT2D eigenvalue weighted by Gasteiger charge is 2.27. The lowest BCUT2D eigenvalue weighted by Crippen LogP contribution is -2.48. The fraction of sp³-hybridized carbons (Fsp3) is 0.923. The smallest absolute Gasteiger partial charge is 0.237 e. The summed E-state index contributed by atoms with van der Waals surface area (Å²) in [6, 6.07) is -0.0200. The third-order valence-corrected chi connectivity index (χ3v) is 3.71. The minimum absolute atomic E-state index is 0.0295. The van der Waals surface area contributed by atoms with Gasteiger partial charge in [0.2, 0.25) is 5.91 Å². The molecule has 0 aromatic heterocycles. The molecule has 1 unspecified atom stereocenters. The SMILES string of the molecule is CCC(CC1CC1)NC(=O)[C@@H](N)[C@@H](C)CC. The van der Waals surface area contributed by atoms with Gasteiger partial charge >= 0.3 is 0 Å². The number of hydrogen-bond donors (Lipinski definition) is 2. The second kappa shape index (κ2) is 6.24. The van der Waals surface area contributed by atoms with Crippen LogP contribution < -0.4 is 11.1 Å². The van der Waals surface area contributed by atoms with E-state index < -0.39 is 0 Å². The van der Waals surface area contributed by atoms with Gasteiger partial charge in [-0.2, -0.15) is 0 Å². The van der Waals surface area contributed by atoms with Crippen molar-refractivity contribution in [1.82, 2.24) is 5.32 Å². The zero-order valence-electron chi connectivity index (χ0n) is 10.8. The molecule has 0 bridgehead atoms. The standard InChI is InChI=1S/C13H26N2O/c1-4-9(3)12(14)13(16)15-11(5-2)8-10-6-7-10/h9-12H,4-8,14H2,1-3H3,(H,15,16)/t9-,11?,12-/m0/s1. The molecule has 1 aliphatic carbocycles. The first-order valence-corrected chi connectivity index (χ1v) is 6.64. The molecule has 0 spiro atoms. The third-order valence-electron chi connectivity index (χ3n) is 3.71. The lowest BCUT2D eigenvalue weighted by Gasteiger charge is -2.22. The van der Waals surface area contributed by atoms with Gasteiger partial charge in [-0.15, -0.1) is 0 Å². The predicted molar refractivity (Wildman–Crippen MR) is 67.0 cm³/mol. The van der Waals surface area contributed by atoms with E-state index in [2.05, 4.69) is 19.2 Å². The number of amides is 1. The molecule has 16 heavy (non-hydrogen) atoms. The number of hydrogen-bond acceptors (Lipinski definition) is 2. The Morgan fingerprint density at radius 1 is 1.38 bits per heavy atom. The summed E-state index contributed by atoms with van der Waals surface area (Å²) in [5.41, 5.74) is 5.91. The topological polar surface area (TPSA) is 55.1 Å². The number of rotatable bonds is 7. The van der Waals surface area contributed by atoms with Crippen LogP contribution in [0.3, 0.4) is 0 Å². The molecule has 0 aromatic rings. The van der Waals surface area contributed by atoms with Gasteiger partial charge in [0, 0.05) is 6.04 Å². The second-order valence-electron chi connectivity index (χ2n) is 5.20. The normalized spacial score (nSPS) is 21.2. The van der Waals surface area contributed by atoms with Crippen LogP contribution in [0, 0.1) is 11.8 Å². The molecule has 0 radical (unpaired) electrons. The Morgan fingerprint density at radius 3 is 2.44 bits per heavy atom. The summed E-state index contributed by atoms with van der Waals surface area (Å²) in [5, 5.41) is 3.09. The Morgan fingerprint density at radius 2 is 2.00 bits per heavy atom. The number of nitrogens with one attached hydrogen (secondary N) is 1. The lowest BCUT2D eigenvalue weighted by molar-refractivity contribution is -0.124. The molecule has 1 aliphatic rings. The Balaban J connectivity index is 2.34. The van der Waals surface area contributed by atoms with E-state index in [1.165, 1.54) is 12.8 Å². The molecule has 1 rings (SSSR count). The van der Waals surface area contributed by atoms with Gasteiger partial charge in [-0.3, -0.25) is 4.79 Å². The van der Waals surface area contributed by atoms with Crippen LogP contribution in [-0.4, -0.2) is 18.0 Å². The number of nitrogens with two attached hydrogens (primary N) is 1. The molecule has 3 nitrogen and oxygen atoms in total. The van der Waals surface area contributed by atoms with Crippen LogP contribution >= 0.6 is 0 Å². The van der Waals surface area contributed by atoms with E-state index in [1.54, 1.807) is 0 Å². The summed E-state index contributed by atoms with van der Waals surface area (Å²) in [7, 11) is 0. The molecule has 0 saturated heterocycles. The van der Waals surface area contributed by atoms with Crippen molar-refractivity contribution in [3.63, 3.8) is 0 Å². The maximum absolute atomic E-state index is 11.9. The van der Waals surface area contributed by atoms with Crippen molar-refractivity contribution in [2.45, 2.75) is 65.0 Å². The molecule has 94 valence electrons. The minimum Gasteiger partial charge on any atom is -0.352 e. The summed E-state index contributed by atoms with van der Waals surface area (Å²) in [5.74, 6) is 1.14. The fourth-order valence-corrected chi connectivity index (χ4v) is 1.89. The van der Waals surface area contributed by atoms with Gasteiger partial charge in [-0.25, -0.2) is 0 Å². The molecule has 0 aromatic carbocycles. The largest absolute Gasteiger partial charge is 0.352 e. The van der Waals surface area contributed by atoms with E-state index in [0.717, 1.165) is 25.2 Å². The lowest BCUT2D eigenvalue weighted by atomic mass is 9.98. The van der Waals surface area contributed by atoms with Crippen LogP contribution in [0.25, 0.3) is 0 Å². The van der Waals surface area contributed by atoms with Crippen LogP contribution in [0.5, 0.6) is 0 Å². The summed E-state index contributed by atoms with van der Waals surface area (Å²) in [6.45, 7) is 6.23. The van der Waals surface area contributed by atoms with Gasteiger partial charge in [0.15, 0.2) is 0 Å². The summed E-state index contributed by atoms with van der Waals surface area (Å²) in [4.78, 5) is 11.9. The summed E-state index contributed by atoms with van der Waals surface area (Å²) < 4.78 is 0. The van der Waals surface area contributed by atoms with Crippen LogP contribution in [-0.2, 0) is 4.79 Å². The number of carbonyl (C=O) groups is 1. The Bertz CT molecular complexity index is 226. The highest BCUT2D eigenvalue weighted by atomic mass is 16.2. The number of carbonyl (C=O) groups excluding carboxylic acids is 1. The molecule has 3 atom stereocenters. The van der Waals surface area contributed by atoms with Crippen LogP contribution in [0.1, 0.15) is 52.9 Å². The fourth-order valence-electron chi connectivity index (χ4n) is 1.89.